The molecule has 2 fully saturated rings. The molecule has 0 bridgehead atoms. The molecule has 0 amide bonds. The molecule has 0 radical (unpaired) electrons. The van der Waals surface area contributed by atoms with Crippen LogP contribution in [0.25, 0.3) is 0 Å². The van der Waals surface area contributed by atoms with Crippen LogP contribution in [0.5, 0.6) is 0 Å². The molecule has 0 N–H and O–H groups in total. The first-order valence-electron chi connectivity index (χ1n) is 8.56. The summed E-state index contributed by atoms with van der Waals surface area (Å²) < 4.78 is 13.4. The van der Waals surface area contributed by atoms with E-state index in [-0.39, 0.29) is 15.5 Å². The third-order valence-electron chi connectivity index (χ3n) is 5.65. The van der Waals surface area contributed by atoms with Crippen molar-refractivity contribution in [1.82, 2.24) is 0 Å². The van der Waals surface area contributed by atoms with Crippen molar-refractivity contribution in [3.05, 3.63) is 34.9 Å². The normalized spacial score (nSPS) is 30.5. The lowest BCUT2D eigenvalue weighted by Crippen LogP contribution is -2.57. The molecule has 1 heterocycles. The highest BCUT2D eigenvalue weighted by molar-refractivity contribution is 6.73. The van der Waals surface area contributed by atoms with Gasteiger partial charge in [0, 0.05) is 33.7 Å². The highest BCUT2D eigenvalue weighted by Crippen LogP contribution is 2.61. The van der Waals surface area contributed by atoms with E-state index in [0.29, 0.717) is 5.92 Å². The van der Waals surface area contributed by atoms with Gasteiger partial charge < -0.3 is 8.85 Å². The maximum Gasteiger partial charge on any atom is 0.349 e. The molecule has 23 heavy (non-hydrogen) atoms. The van der Waals surface area contributed by atoms with E-state index in [2.05, 4.69) is 53.7 Å². The van der Waals surface area contributed by atoms with Gasteiger partial charge in [-0.1, -0.05) is 65.3 Å². The van der Waals surface area contributed by atoms with Gasteiger partial charge in [0.2, 0.25) is 0 Å². The smallest absolute Gasteiger partial charge is 0.349 e. The molecule has 1 aliphatic heterocycles. The standard InChI is InChI=1S/C19H29ClO2Si/c1-17(2,3)23(18(4,5)6)21-12-15-11-19(15,13-22-23)14-7-9-16(20)10-8-14/h7-10,15H,11-13H2,1-6H3/t15-,19+/m1/s1. The molecular weight excluding hydrogens is 324 g/mol. The summed E-state index contributed by atoms with van der Waals surface area (Å²) in [5.41, 5.74) is 1.48. The van der Waals surface area contributed by atoms with E-state index in [1.807, 2.05) is 12.1 Å². The Morgan fingerprint density at radius 3 is 2.09 bits per heavy atom. The highest BCUT2D eigenvalue weighted by atomic mass is 35.5. The number of fused-ring (bicyclic) bond motifs is 1. The molecule has 2 nitrogen and oxygen atoms in total. The van der Waals surface area contributed by atoms with E-state index >= 15 is 0 Å². The van der Waals surface area contributed by atoms with Crippen LogP contribution in [0.4, 0.5) is 0 Å². The predicted octanol–water partition coefficient (Wildman–Crippen LogP) is 5.69. The summed E-state index contributed by atoms with van der Waals surface area (Å²) in [7, 11) is -2.36. The first-order valence-corrected chi connectivity index (χ1v) is 10.8. The van der Waals surface area contributed by atoms with Crippen molar-refractivity contribution in [1.29, 1.82) is 0 Å². The molecule has 0 spiro atoms. The van der Waals surface area contributed by atoms with Gasteiger partial charge in [0.15, 0.2) is 0 Å². The maximum atomic E-state index is 6.75. The Morgan fingerprint density at radius 1 is 1.00 bits per heavy atom. The summed E-state index contributed by atoms with van der Waals surface area (Å²) in [4.78, 5) is 0. The molecule has 1 saturated carbocycles. The molecule has 1 aromatic rings. The van der Waals surface area contributed by atoms with Gasteiger partial charge in [0.25, 0.3) is 0 Å². The van der Waals surface area contributed by atoms with Gasteiger partial charge in [0.05, 0.1) is 0 Å². The van der Waals surface area contributed by atoms with Gasteiger partial charge in [-0.3, -0.25) is 0 Å². The van der Waals surface area contributed by atoms with Gasteiger partial charge >= 0.3 is 8.56 Å². The zero-order chi connectivity index (χ0) is 17.1. The lowest BCUT2D eigenvalue weighted by Gasteiger charge is -2.48. The van der Waals surface area contributed by atoms with E-state index in [4.69, 9.17) is 20.5 Å². The van der Waals surface area contributed by atoms with Gasteiger partial charge in [-0.25, -0.2) is 0 Å². The minimum atomic E-state index is -2.36. The second kappa shape index (κ2) is 5.32. The fourth-order valence-corrected chi connectivity index (χ4v) is 9.56. The summed E-state index contributed by atoms with van der Waals surface area (Å²) in [6, 6.07) is 8.30. The van der Waals surface area contributed by atoms with Crippen molar-refractivity contribution < 1.29 is 8.85 Å². The second-order valence-electron chi connectivity index (χ2n) is 9.28. The molecule has 2 atom stereocenters. The Balaban J connectivity index is 1.92. The molecular formula is C19H29ClO2Si. The topological polar surface area (TPSA) is 18.5 Å². The number of halogens is 1. The van der Waals surface area contributed by atoms with Crippen LogP contribution in [0.3, 0.4) is 0 Å². The summed E-state index contributed by atoms with van der Waals surface area (Å²) in [5.74, 6) is 0.572. The zero-order valence-electron chi connectivity index (χ0n) is 15.2. The molecule has 4 heteroatoms. The number of rotatable bonds is 1. The van der Waals surface area contributed by atoms with Crippen LogP contribution in [0, 0.1) is 5.92 Å². The van der Waals surface area contributed by atoms with Crippen LogP contribution in [0.2, 0.25) is 15.1 Å². The number of hydrogen-bond donors (Lipinski definition) is 0. The summed E-state index contributed by atoms with van der Waals surface area (Å²) >= 11 is 6.06. The van der Waals surface area contributed by atoms with Crippen LogP contribution in [0.1, 0.15) is 53.5 Å². The Bertz CT molecular complexity index is 571. The zero-order valence-corrected chi connectivity index (χ0v) is 17.0. The second-order valence-corrected chi connectivity index (χ2v) is 14.5. The Hall–Kier alpha value is -0.353. The van der Waals surface area contributed by atoms with Gasteiger partial charge in [-0.15, -0.1) is 0 Å². The average molecular weight is 353 g/mol. The fraction of sp³-hybridized carbons (Fsp3) is 0.684. The SMILES string of the molecule is CC(C)(C)[Si]1(C(C)(C)C)OC[C@H]2C[C@@]2(c2ccc(Cl)cc2)CO1. The molecule has 3 rings (SSSR count). The van der Waals surface area contributed by atoms with Crippen molar-refractivity contribution >= 4 is 20.2 Å². The van der Waals surface area contributed by atoms with Crippen LogP contribution in [-0.4, -0.2) is 21.8 Å². The van der Waals surface area contributed by atoms with Crippen LogP contribution < -0.4 is 0 Å². The largest absolute Gasteiger partial charge is 0.393 e. The first-order chi connectivity index (χ1) is 10.5. The summed E-state index contributed by atoms with van der Waals surface area (Å²) in [5, 5.41) is 0.883. The van der Waals surface area contributed by atoms with Crippen molar-refractivity contribution in [2.45, 2.75) is 63.5 Å². The molecule has 1 aromatic carbocycles. The predicted molar refractivity (Wildman–Crippen MR) is 98.3 cm³/mol. The Labute approximate surface area is 146 Å². The van der Waals surface area contributed by atoms with E-state index < -0.39 is 8.56 Å². The van der Waals surface area contributed by atoms with Gasteiger partial charge in [0.1, 0.15) is 0 Å². The van der Waals surface area contributed by atoms with Crippen molar-refractivity contribution in [2.75, 3.05) is 13.2 Å². The van der Waals surface area contributed by atoms with E-state index in [1.54, 1.807) is 0 Å². The number of benzene rings is 1. The van der Waals surface area contributed by atoms with Crippen molar-refractivity contribution in [2.24, 2.45) is 5.92 Å². The minimum absolute atomic E-state index is 0.0449. The molecule has 0 aromatic heterocycles. The minimum Gasteiger partial charge on any atom is -0.393 e. The van der Waals surface area contributed by atoms with Crippen molar-refractivity contribution in [3.63, 3.8) is 0 Å². The highest BCUT2D eigenvalue weighted by Gasteiger charge is 2.65. The molecule has 1 aliphatic carbocycles. The van der Waals surface area contributed by atoms with E-state index in [0.717, 1.165) is 24.7 Å². The monoisotopic (exact) mass is 352 g/mol. The lowest BCUT2D eigenvalue weighted by molar-refractivity contribution is 0.137. The maximum absolute atomic E-state index is 6.75. The van der Waals surface area contributed by atoms with Crippen LogP contribution in [0.15, 0.2) is 24.3 Å². The molecule has 128 valence electrons. The Morgan fingerprint density at radius 2 is 1.57 bits per heavy atom. The van der Waals surface area contributed by atoms with E-state index in [1.165, 1.54) is 5.56 Å². The lowest BCUT2D eigenvalue weighted by atomic mass is 9.94. The van der Waals surface area contributed by atoms with Crippen molar-refractivity contribution in [3.8, 4) is 0 Å². The van der Waals surface area contributed by atoms with E-state index in [9.17, 15) is 0 Å². The van der Waals surface area contributed by atoms with Gasteiger partial charge in [-0.2, -0.15) is 0 Å². The first kappa shape index (κ1) is 17.5. The van der Waals surface area contributed by atoms with Gasteiger partial charge in [-0.05, 0) is 30.0 Å². The van der Waals surface area contributed by atoms with Crippen LogP contribution in [-0.2, 0) is 14.3 Å². The quantitative estimate of drug-likeness (QED) is 0.604. The third-order valence-corrected chi connectivity index (χ3v) is 11.0. The van der Waals surface area contributed by atoms with Crippen LogP contribution >= 0.6 is 11.6 Å². The fourth-order valence-electron chi connectivity index (χ4n) is 4.48. The molecule has 2 aliphatic rings. The molecule has 0 unspecified atom stereocenters. The number of hydrogen-bond acceptors (Lipinski definition) is 2. The molecule has 1 saturated heterocycles. The average Bonchev–Trinajstić information content (AvgIpc) is 3.11. The summed E-state index contributed by atoms with van der Waals surface area (Å²) in [6.07, 6.45) is 1.16. The Kier molecular flexibility index (Phi) is 4.04. The summed E-state index contributed by atoms with van der Waals surface area (Å²) in [6.45, 7) is 15.2. The third kappa shape index (κ3) is 2.70.